The number of thiazole rings is 1. The highest BCUT2D eigenvalue weighted by Gasteiger charge is 2.07. The molecule has 0 amide bonds. The van der Waals surface area contributed by atoms with Gasteiger partial charge in [-0.2, -0.15) is 0 Å². The molecule has 3 nitrogen and oxygen atoms in total. The van der Waals surface area contributed by atoms with Gasteiger partial charge >= 0.3 is 0 Å². The number of nitrogens with zero attached hydrogens (tertiary/aromatic N) is 1. The van der Waals surface area contributed by atoms with Gasteiger partial charge in [-0.1, -0.05) is 13.0 Å². The zero-order valence-corrected chi connectivity index (χ0v) is 10.9. The van der Waals surface area contributed by atoms with Crippen molar-refractivity contribution >= 4 is 22.7 Å². The third-order valence-corrected chi connectivity index (χ3v) is 3.77. The average molecular weight is 247 g/mol. The van der Waals surface area contributed by atoms with E-state index >= 15 is 0 Å². The Morgan fingerprint density at radius 3 is 2.94 bits per heavy atom. The zero-order valence-electron chi connectivity index (χ0n) is 10.1. The molecule has 0 bridgehead atoms. The van der Waals surface area contributed by atoms with Gasteiger partial charge in [-0.15, -0.1) is 11.3 Å². The normalized spacial score (nSPS) is 12.4. The van der Waals surface area contributed by atoms with Gasteiger partial charge in [0.15, 0.2) is 0 Å². The monoisotopic (exact) mass is 247 g/mol. The predicted octanol–water partition coefficient (Wildman–Crippen LogP) is 3.25. The number of benzene rings is 1. The van der Waals surface area contributed by atoms with Crippen molar-refractivity contribution in [3.8, 4) is 0 Å². The van der Waals surface area contributed by atoms with Gasteiger partial charge in [-0.25, -0.2) is 4.98 Å². The third-order valence-electron chi connectivity index (χ3n) is 2.76. The van der Waals surface area contributed by atoms with Crippen molar-refractivity contribution in [3.63, 3.8) is 0 Å². The summed E-state index contributed by atoms with van der Waals surface area (Å²) < 4.78 is 0. The SMILES string of the molecule is Cc1ccc(NCC(C)c2nccs2)cc1N. The molecule has 1 aromatic carbocycles. The molecule has 0 saturated heterocycles. The molecule has 0 spiro atoms. The highest BCUT2D eigenvalue weighted by atomic mass is 32.1. The van der Waals surface area contributed by atoms with Crippen LogP contribution in [0.2, 0.25) is 0 Å². The number of hydrogen-bond donors (Lipinski definition) is 2. The molecular weight excluding hydrogens is 230 g/mol. The number of rotatable bonds is 4. The number of hydrogen-bond acceptors (Lipinski definition) is 4. The van der Waals surface area contributed by atoms with Crippen LogP contribution in [0.25, 0.3) is 0 Å². The number of nitrogen functional groups attached to an aromatic ring is 1. The lowest BCUT2D eigenvalue weighted by molar-refractivity contribution is 0.795. The van der Waals surface area contributed by atoms with Crippen molar-refractivity contribution in [1.82, 2.24) is 4.98 Å². The lowest BCUT2D eigenvalue weighted by Crippen LogP contribution is -2.09. The molecule has 90 valence electrons. The summed E-state index contributed by atoms with van der Waals surface area (Å²) in [6, 6.07) is 6.07. The molecular formula is C13H17N3S. The molecule has 2 aromatic rings. The van der Waals surface area contributed by atoms with Crippen molar-refractivity contribution in [2.75, 3.05) is 17.6 Å². The fourth-order valence-corrected chi connectivity index (χ4v) is 2.29. The Kier molecular flexibility index (Phi) is 3.64. The van der Waals surface area contributed by atoms with E-state index in [9.17, 15) is 0 Å². The maximum atomic E-state index is 5.87. The van der Waals surface area contributed by atoms with Crippen LogP contribution < -0.4 is 11.1 Å². The summed E-state index contributed by atoms with van der Waals surface area (Å²) in [7, 11) is 0. The van der Waals surface area contributed by atoms with Gasteiger partial charge in [0, 0.05) is 35.4 Å². The quantitative estimate of drug-likeness (QED) is 0.815. The second kappa shape index (κ2) is 5.19. The minimum absolute atomic E-state index is 0.414. The Balaban J connectivity index is 1.96. The van der Waals surface area contributed by atoms with Crippen molar-refractivity contribution in [1.29, 1.82) is 0 Å². The predicted molar refractivity (Wildman–Crippen MR) is 74.6 cm³/mol. The van der Waals surface area contributed by atoms with Crippen LogP contribution in [0.4, 0.5) is 11.4 Å². The first-order valence-electron chi connectivity index (χ1n) is 5.66. The standard InChI is InChI=1S/C13H17N3S/c1-9-3-4-11(7-12(9)14)16-8-10(2)13-15-5-6-17-13/h3-7,10,16H,8,14H2,1-2H3. The van der Waals surface area contributed by atoms with Gasteiger partial charge in [0.05, 0.1) is 5.01 Å². The summed E-state index contributed by atoms with van der Waals surface area (Å²) in [4.78, 5) is 4.31. The van der Waals surface area contributed by atoms with E-state index in [0.29, 0.717) is 5.92 Å². The highest BCUT2D eigenvalue weighted by molar-refractivity contribution is 7.09. The third kappa shape index (κ3) is 2.97. The second-order valence-corrected chi connectivity index (χ2v) is 5.15. The zero-order chi connectivity index (χ0) is 12.3. The summed E-state index contributed by atoms with van der Waals surface area (Å²) in [6.45, 7) is 5.05. The average Bonchev–Trinajstić information content (AvgIpc) is 2.84. The Labute approximate surface area is 106 Å². The number of anilines is 2. The first kappa shape index (κ1) is 11.9. The summed E-state index contributed by atoms with van der Waals surface area (Å²) in [5.74, 6) is 0.414. The molecule has 1 heterocycles. The Morgan fingerprint density at radius 2 is 2.29 bits per heavy atom. The van der Waals surface area contributed by atoms with Crippen LogP contribution in [-0.2, 0) is 0 Å². The topological polar surface area (TPSA) is 50.9 Å². The minimum Gasteiger partial charge on any atom is -0.398 e. The van der Waals surface area contributed by atoms with E-state index in [1.807, 2.05) is 30.6 Å². The summed E-state index contributed by atoms with van der Waals surface area (Å²) in [5, 5.41) is 6.56. The molecule has 17 heavy (non-hydrogen) atoms. The number of nitrogens with two attached hydrogens (primary N) is 1. The fraction of sp³-hybridized carbons (Fsp3) is 0.308. The van der Waals surface area contributed by atoms with Crippen molar-refractivity contribution < 1.29 is 0 Å². The molecule has 1 atom stereocenters. The fourth-order valence-electron chi connectivity index (χ4n) is 1.59. The smallest absolute Gasteiger partial charge is 0.0970 e. The lowest BCUT2D eigenvalue weighted by Gasteiger charge is -2.12. The maximum Gasteiger partial charge on any atom is 0.0970 e. The van der Waals surface area contributed by atoms with Crippen LogP contribution >= 0.6 is 11.3 Å². The van der Waals surface area contributed by atoms with Crippen molar-refractivity contribution in [3.05, 3.63) is 40.3 Å². The van der Waals surface area contributed by atoms with Crippen LogP contribution in [0.15, 0.2) is 29.8 Å². The first-order chi connectivity index (χ1) is 8.16. The number of aryl methyl sites for hydroxylation is 1. The van der Waals surface area contributed by atoms with Gasteiger partial charge in [0.25, 0.3) is 0 Å². The lowest BCUT2D eigenvalue weighted by atomic mass is 10.1. The van der Waals surface area contributed by atoms with E-state index in [0.717, 1.165) is 28.5 Å². The molecule has 0 aliphatic carbocycles. The number of nitrogens with one attached hydrogen (secondary N) is 1. The molecule has 0 aliphatic rings. The van der Waals surface area contributed by atoms with E-state index in [4.69, 9.17) is 5.73 Å². The van der Waals surface area contributed by atoms with Crippen LogP contribution in [-0.4, -0.2) is 11.5 Å². The minimum atomic E-state index is 0.414. The van der Waals surface area contributed by atoms with Crippen LogP contribution in [0.5, 0.6) is 0 Å². The molecule has 2 rings (SSSR count). The van der Waals surface area contributed by atoms with Crippen molar-refractivity contribution in [2.45, 2.75) is 19.8 Å². The van der Waals surface area contributed by atoms with E-state index in [1.54, 1.807) is 11.3 Å². The van der Waals surface area contributed by atoms with Crippen LogP contribution in [0, 0.1) is 6.92 Å². The molecule has 4 heteroatoms. The molecule has 0 aliphatic heterocycles. The Morgan fingerprint density at radius 1 is 1.47 bits per heavy atom. The Hall–Kier alpha value is -1.55. The summed E-state index contributed by atoms with van der Waals surface area (Å²) in [6.07, 6.45) is 1.85. The summed E-state index contributed by atoms with van der Waals surface area (Å²) in [5.41, 5.74) is 8.88. The molecule has 0 radical (unpaired) electrons. The van der Waals surface area contributed by atoms with E-state index in [1.165, 1.54) is 0 Å². The van der Waals surface area contributed by atoms with E-state index in [-0.39, 0.29) is 0 Å². The highest BCUT2D eigenvalue weighted by Crippen LogP contribution is 2.20. The maximum absolute atomic E-state index is 5.87. The van der Waals surface area contributed by atoms with Gasteiger partial charge in [0.2, 0.25) is 0 Å². The van der Waals surface area contributed by atoms with Gasteiger partial charge in [0.1, 0.15) is 0 Å². The van der Waals surface area contributed by atoms with E-state index < -0.39 is 0 Å². The largest absolute Gasteiger partial charge is 0.398 e. The molecule has 1 unspecified atom stereocenters. The first-order valence-corrected chi connectivity index (χ1v) is 6.54. The van der Waals surface area contributed by atoms with Crippen molar-refractivity contribution in [2.24, 2.45) is 0 Å². The van der Waals surface area contributed by atoms with Crippen LogP contribution in [0.1, 0.15) is 23.4 Å². The van der Waals surface area contributed by atoms with Gasteiger partial charge in [-0.3, -0.25) is 0 Å². The molecule has 0 fully saturated rings. The number of aromatic nitrogens is 1. The van der Waals surface area contributed by atoms with Gasteiger partial charge < -0.3 is 11.1 Å². The van der Waals surface area contributed by atoms with Crippen LogP contribution in [0.3, 0.4) is 0 Å². The second-order valence-electron chi connectivity index (χ2n) is 4.22. The van der Waals surface area contributed by atoms with E-state index in [2.05, 4.69) is 23.3 Å². The molecule has 3 N–H and O–H groups in total. The molecule has 0 saturated carbocycles. The Bertz CT molecular complexity index is 479. The summed E-state index contributed by atoms with van der Waals surface area (Å²) >= 11 is 1.70. The molecule has 1 aromatic heterocycles. The van der Waals surface area contributed by atoms with Gasteiger partial charge in [-0.05, 0) is 24.6 Å².